The monoisotopic (exact) mass is 418 g/mol. The molecule has 4 aliphatic rings. The van der Waals surface area contributed by atoms with E-state index in [1.165, 1.54) is 24.8 Å². The van der Waals surface area contributed by atoms with Crippen LogP contribution in [0.15, 0.2) is 11.6 Å². The number of aliphatic hydroxyl groups is 3. The Balaban J connectivity index is 1.55. The molecule has 3 fully saturated rings. The van der Waals surface area contributed by atoms with Gasteiger partial charge in [-0.15, -0.1) is 0 Å². The third-order valence-corrected chi connectivity index (χ3v) is 10.5. The van der Waals surface area contributed by atoms with E-state index in [4.69, 9.17) is 0 Å². The molecule has 0 aliphatic heterocycles. The fraction of sp³-hybridized carbons (Fsp3) is 0.926. The first-order valence-electron chi connectivity index (χ1n) is 12.8. The molecule has 0 aromatic heterocycles. The molecule has 3 N–H and O–H groups in total. The van der Waals surface area contributed by atoms with E-state index in [0.717, 1.165) is 44.4 Å². The first kappa shape index (κ1) is 22.8. The molecule has 9 atom stereocenters. The Hall–Kier alpha value is -0.380. The molecule has 0 saturated heterocycles. The van der Waals surface area contributed by atoms with Crippen molar-refractivity contribution >= 4 is 0 Å². The van der Waals surface area contributed by atoms with Crippen molar-refractivity contribution in [2.45, 2.75) is 117 Å². The van der Waals surface area contributed by atoms with Crippen LogP contribution in [0.1, 0.15) is 98.8 Å². The van der Waals surface area contributed by atoms with E-state index in [1.54, 1.807) is 0 Å². The van der Waals surface area contributed by atoms with Gasteiger partial charge in [0.25, 0.3) is 0 Å². The molecule has 3 saturated carbocycles. The highest BCUT2D eigenvalue weighted by Crippen LogP contribution is 2.67. The predicted molar refractivity (Wildman–Crippen MR) is 122 cm³/mol. The second-order valence-corrected chi connectivity index (χ2v) is 12.5. The molecular formula is C27H46O3. The first-order chi connectivity index (χ1) is 14.0. The quantitative estimate of drug-likeness (QED) is 0.519. The predicted octanol–water partition coefficient (Wildman–Crippen LogP) is 5.47. The van der Waals surface area contributed by atoms with Crippen LogP contribution in [0.3, 0.4) is 0 Å². The summed E-state index contributed by atoms with van der Waals surface area (Å²) in [6, 6.07) is 0. The molecule has 4 rings (SSSR count). The first-order valence-corrected chi connectivity index (χ1v) is 12.8. The Morgan fingerprint density at radius 2 is 1.80 bits per heavy atom. The molecule has 4 aliphatic carbocycles. The zero-order chi connectivity index (χ0) is 21.9. The lowest BCUT2D eigenvalue weighted by Crippen LogP contribution is -2.55. The maximum absolute atomic E-state index is 11.6. The van der Waals surface area contributed by atoms with E-state index < -0.39 is 11.7 Å². The van der Waals surface area contributed by atoms with E-state index in [-0.39, 0.29) is 22.9 Å². The van der Waals surface area contributed by atoms with Crippen LogP contribution in [-0.2, 0) is 0 Å². The molecule has 30 heavy (non-hydrogen) atoms. The van der Waals surface area contributed by atoms with Gasteiger partial charge in [0.05, 0.1) is 17.8 Å². The summed E-state index contributed by atoms with van der Waals surface area (Å²) >= 11 is 0. The van der Waals surface area contributed by atoms with Gasteiger partial charge in [-0.3, -0.25) is 0 Å². The summed E-state index contributed by atoms with van der Waals surface area (Å²) in [6.07, 6.45) is 12.1. The average molecular weight is 419 g/mol. The number of aliphatic hydroxyl groups excluding tert-OH is 2. The van der Waals surface area contributed by atoms with Gasteiger partial charge in [0.2, 0.25) is 0 Å². The molecule has 0 aromatic rings. The van der Waals surface area contributed by atoms with Crippen molar-refractivity contribution in [1.82, 2.24) is 0 Å². The Morgan fingerprint density at radius 3 is 2.50 bits per heavy atom. The molecule has 0 amide bonds. The van der Waals surface area contributed by atoms with Gasteiger partial charge >= 0.3 is 0 Å². The maximum atomic E-state index is 11.6. The number of allylic oxidation sites excluding steroid dienone is 1. The van der Waals surface area contributed by atoms with E-state index in [2.05, 4.69) is 33.8 Å². The maximum Gasteiger partial charge on any atom is 0.0910 e. The minimum atomic E-state index is -1.00. The fourth-order valence-corrected chi connectivity index (χ4v) is 8.62. The minimum absolute atomic E-state index is 0.124. The van der Waals surface area contributed by atoms with Gasteiger partial charge in [-0.1, -0.05) is 39.3 Å². The van der Waals surface area contributed by atoms with Crippen LogP contribution in [0, 0.1) is 40.4 Å². The van der Waals surface area contributed by atoms with Gasteiger partial charge < -0.3 is 15.3 Å². The Morgan fingerprint density at radius 1 is 1.07 bits per heavy atom. The number of hydrogen-bond acceptors (Lipinski definition) is 3. The van der Waals surface area contributed by atoms with Gasteiger partial charge in [-0.05, 0) is 112 Å². The molecular weight excluding hydrogens is 372 g/mol. The summed E-state index contributed by atoms with van der Waals surface area (Å²) in [4.78, 5) is 0. The summed E-state index contributed by atoms with van der Waals surface area (Å²) in [5, 5.41) is 32.7. The summed E-state index contributed by atoms with van der Waals surface area (Å²) < 4.78 is 0. The molecule has 0 aromatic carbocycles. The molecule has 0 spiro atoms. The molecule has 0 heterocycles. The molecule has 172 valence electrons. The van der Waals surface area contributed by atoms with Gasteiger partial charge in [0, 0.05) is 0 Å². The van der Waals surface area contributed by atoms with Crippen molar-refractivity contribution in [1.29, 1.82) is 0 Å². The lowest BCUT2D eigenvalue weighted by atomic mass is 9.46. The zero-order valence-electron chi connectivity index (χ0n) is 20.0. The van der Waals surface area contributed by atoms with E-state index in [0.29, 0.717) is 24.2 Å². The Bertz CT molecular complexity index is 667. The van der Waals surface area contributed by atoms with Crippen LogP contribution in [0.5, 0.6) is 0 Å². The summed E-state index contributed by atoms with van der Waals surface area (Å²) in [6.45, 7) is 11.2. The summed E-state index contributed by atoms with van der Waals surface area (Å²) in [7, 11) is 0. The Kier molecular flexibility index (Phi) is 5.99. The van der Waals surface area contributed by atoms with Crippen LogP contribution in [0.4, 0.5) is 0 Å². The topological polar surface area (TPSA) is 60.7 Å². The highest BCUT2D eigenvalue weighted by molar-refractivity contribution is 5.25. The van der Waals surface area contributed by atoms with E-state index in [1.807, 2.05) is 6.92 Å². The highest BCUT2D eigenvalue weighted by atomic mass is 16.3. The van der Waals surface area contributed by atoms with Crippen molar-refractivity contribution in [2.75, 3.05) is 0 Å². The Labute approximate surface area is 184 Å². The van der Waals surface area contributed by atoms with Crippen molar-refractivity contribution in [3.63, 3.8) is 0 Å². The zero-order valence-corrected chi connectivity index (χ0v) is 20.0. The van der Waals surface area contributed by atoms with Crippen molar-refractivity contribution in [3.8, 4) is 0 Å². The summed E-state index contributed by atoms with van der Waals surface area (Å²) in [5.41, 5.74) is 0.914. The van der Waals surface area contributed by atoms with Gasteiger partial charge in [-0.25, -0.2) is 0 Å². The highest BCUT2D eigenvalue weighted by Gasteiger charge is 2.62. The standard InChI is InChI=1S/C27H46O3/c1-17(2)6-11-24(29)27(5,30)23-10-9-21-20-8-7-18-16-19(28)12-14-25(18,3)22(20)13-15-26(21,23)4/h7,17,19-24,28-30H,6,8-16H2,1-5H3/t19?,20?,21-,22-,23-,24?,25?,26?,27+/m0/s1. The van der Waals surface area contributed by atoms with E-state index in [9.17, 15) is 15.3 Å². The number of fused-ring (bicyclic) bond motifs is 5. The van der Waals surface area contributed by atoms with Crippen molar-refractivity contribution in [2.24, 2.45) is 40.4 Å². The minimum Gasteiger partial charge on any atom is -0.393 e. The van der Waals surface area contributed by atoms with Crippen molar-refractivity contribution in [3.05, 3.63) is 11.6 Å². The SMILES string of the molecule is CC(C)CCC(O)[C@](C)(O)[C@H]1CC[C@H]2C3CC=C4CC(O)CCC4(C)[C@H]3CCC21C. The third-order valence-electron chi connectivity index (χ3n) is 10.5. The van der Waals surface area contributed by atoms with Gasteiger partial charge in [0.1, 0.15) is 0 Å². The molecule has 0 radical (unpaired) electrons. The smallest absolute Gasteiger partial charge is 0.0910 e. The van der Waals surface area contributed by atoms with Crippen LogP contribution in [-0.4, -0.2) is 33.1 Å². The fourth-order valence-electron chi connectivity index (χ4n) is 8.62. The molecule has 3 nitrogen and oxygen atoms in total. The van der Waals surface area contributed by atoms with Crippen LogP contribution >= 0.6 is 0 Å². The van der Waals surface area contributed by atoms with Gasteiger partial charge in [0.15, 0.2) is 0 Å². The normalized spacial score (nSPS) is 46.4. The van der Waals surface area contributed by atoms with Crippen LogP contribution in [0.2, 0.25) is 0 Å². The molecule has 5 unspecified atom stereocenters. The second kappa shape index (κ2) is 7.89. The van der Waals surface area contributed by atoms with Crippen LogP contribution in [0.25, 0.3) is 0 Å². The molecule has 0 bridgehead atoms. The number of hydrogen-bond donors (Lipinski definition) is 3. The summed E-state index contributed by atoms with van der Waals surface area (Å²) in [5.74, 6) is 2.80. The van der Waals surface area contributed by atoms with Gasteiger partial charge in [-0.2, -0.15) is 0 Å². The molecule has 3 heteroatoms. The lowest BCUT2D eigenvalue weighted by Gasteiger charge is -2.59. The lowest BCUT2D eigenvalue weighted by molar-refractivity contribution is -0.151. The van der Waals surface area contributed by atoms with E-state index >= 15 is 0 Å². The van der Waals surface area contributed by atoms with Crippen molar-refractivity contribution < 1.29 is 15.3 Å². The number of rotatable bonds is 5. The average Bonchev–Trinajstić information content (AvgIpc) is 3.04. The van der Waals surface area contributed by atoms with Crippen LogP contribution < -0.4 is 0 Å². The third kappa shape index (κ3) is 3.52. The second-order valence-electron chi connectivity index (χ2n) is 12.5. The largest absolute Gasteiger partial charge is 0.393 e.